The van der Waals surface area contributed by atoms with Crippen molar-refractivity contribution in [3.8, 4) is 0 Å². The summed E-state index contributed by atoms with van der Waals surface area (Å²) in [5, 5.41) is 5.35. The molecule has 1 aromatic carbocycles. The molecule has 19 heavy (non-hydrogen) atoms. The molecule has 2 amide bonds. The van der Waals surface area contributed by atoms with Gasteiger partial charge in [0.05, 0.1) is 5.69 Å². The summed E-state index contributed by atoms with van der Waals surface area (Å²) in [7, 11) is 0. The Kier molecular flexibility index (Phi) is 3.87. The summed E-state index contributed by atoms with van der Waals surface area (Å²) in [5.41, 5.74) is 1.72. The van der Waals surface area contributed by atoms with E-state index in [0.29, 0.717) is 11.4 Å². The second kappa shape index (κ2) is 5.58. The van der Waals surface area contributed by atoms with Gasteiger partial charge in [-0.05, 0) is 25.1 Å². The number of amides is 2. The molecule has 2 rings (SSSR count). The lowest BCUT2D eigenvalue weighted by Crippen LogP contribution is -2.20. The van der Waals surface area contributed by atoms with E-state index in [1.807, 2.05) is 19.1 Å². The van der Waals surface area contributed by atoms with Crippen molar-refractivity contribution in [1.29, 1.82) is 0 Å². The molecule has 1 heterocycles. The first-order chi connectivity index (χ1) is 9.02. The Hall–Kier alpha value is -2.27. The van der Waals surface area contributed by atoms with Crippen molar-refractivity contribution in [3.05, 3.63) is 57.5 Å². The largest absolute Gasteiger partial charge is 0.323 e. The maximum atomic E-state index is 11.7. The Labute approximate surface area is 114 Å². The van der Waals surface area contributed by atoms with Gasteiger partial charge in [-0.2, -0.15) is 0 Å². The number of benzene rings is 1. The molecule has 0 saturated heterocycles. The predicted molar refractivity (Wildman–Crippen MR) is 75.9 cm³/mol. The number of pyridine rings is 1. The average molecular weight is 278 g/mol. The van der Waals surface area contributed by atoms with Gasteiger partial charge in [-0.1, -0.05) is 29.3 Å². The minimum absolute atomic E-state index is 0.165. The molecule has 6 heteroatoms. The van der Waals surface area contributed by atoms with Crippen molar-refractivity contribution < 1.29 is 4.79 Å². The highest BCUT2D eigenvalue weighted by Gasteiger charge is 2.04. The molecule has 0 aliphatic rings. The number of carbonyl (C=O) groups excluding carboxylic acids is 1. The zero-order valence-corrected chi connectivity index (χ0v) is 10.9. The molecule has 0 radical (unpaired) electrons. The molecule has 3 N–H and O–H groups in total. The fourth-order valence-electron chi connectivity index (χ4n) is 1.51. The van der Waals surface area contributed by atoms with Crippen LogP contribution >= 0.6 is 11.6 Å². The van der Waals surface area contributed by atoms with Crippen LogP contribution in [0.1, 0.15) is 5.56 Å². The van der Waals surface area contributed by atoms with E-state index < -0.39 is 6.03 Å². The summed E-state index contributed by atoms with van der Waals surface area (Å²) in [5.74, 6) is 0. The molecular formula is C13H12ClN3O2. The van der Waals surface area contributed by atoms with Crippen LogP contribution in [0.5, 0.6) is 0 Å². The van der Waals surface area contributed by atoms with Crippen LogP contribution in [0.3, 0.4) is 0 Å². The molecule has 98 valence electrons. The van der Waals surface area contributed by atoms with Crippen LogP contribution in [-0.2, 0) is 0 Å². The van der Waals surface area contributed by atoms with Crippen LogP contribution in [0.25, 0.3) is 0 Å². The third kappa shape index (κ3) is 3.86. The minimum atomic E-state index is -0.439. The Balaban J connectivity index is 2.05. The molecule has 1 aromatic heterocycles. The SMILES string of the molecule is Cc1ccc(NC(=O)Nc2cc(Cl)[nH]c(=O)c2)cc1. The van der Waals surface area contributed by atoms with E-state index in [1.54, 1.807) is 12.1 Å². The number of anilines is 2. The second-order valence-corrected chi connectivity index (χ2v) is 4.43. The maximum absolute atomic E-state index is 11.7. The number of hydrogen-bond acceptors (Lipinski definition) is 2. The third-order valence-corrected chi connectivity index (χ3v) is 2.58. The van der Waals surface area contributed by atoms with E-state index in [-0.39, 0.29) is 10.7 Å². The summed E-state index contributed by atoms with van der Waals surface area (Å²) < 4.78 is 0. The molecule has 5 nitrogen and oxygen atoms in total. The monoisotopic (exact) mass is 277 g/mol. The molecule has 0 aliphatic carbocycles. The van der Waals surface area contributed by atoms with Gasteiger partial charge in [-0.3, -0.25) is 4.79 Å². The summed E-state index contributed by atoms with van der Waals surface area (Å²) in [6.07, 6.45) is 0. The molecule has 0 fully saturated rings. The lowest BCUT2D eigenvalue weighted by molar-refractivity contribution is 0.262. The molecule has 0 saturated carbocycles. The number of carbonyl (C=O) groups is 1. The minimum Gasteiger partial charge on any atom is -0.313 e. The van der Waals surface area contributed by atoms with Gasteiger partial charge in [0.2, 0.25) is 0 Å². The zero-order chi connectivity index (χ0) is 13.8. The summed E-state index contributed by atoms with van der Waals surface area (Å²) >= 11 is 5.68. The number of nitrogens with one attached hydrogen (secondary N) is 3. The van der Waals surface area contributed by atoms with Gasteiger partial charge in [-0.15, -0.1) is 0 Å². The maximum Gasteiger partial charge on any atom is 0.323 e. The number of aromatic amines is 1. The molecule has 2 aromatic rings. The van der Waals surface area contributed by atoms with Crippen LogP contribution < -0.4 is 16.2 Å². The van der Waals surface area contributed by atoms with Crippen molar-refractivity contribution in [2.45, 2.75) is 6.92 Å². The van der Waals surface area contributed by atoms with Crippen molar-refractivity contribution in [3.63, 3.8) is 0 Å². The first kappa shape index (κ1) is 13.2. The number of urea groups is 1. The molecule has 0 aliphatic heterocycles. The molecule has 0 spiro atoms. The number of aromatic nitrogens is 1. The van der Waals surface area contributed by atoms with Crippen LogP contribution in [0.15, 0.2) is 41.2 Å². The topological polar surface area (TPSA) is 74.0 Å². The third-order valence-electron chi connectivity index (χ3n) is 2.38. The Morgan fingerprint density at radius 2 is 1.74 bits per heavy atom. The fourth-order valence-corrected chi connectivity index (χ4v) is 1.72. The predicted octanol–water partition coefficient (Wildman–Crippen LogP) is 2.98. The number of halogens is 1. The van der Waals surface area contributed by atoms with Crippen LogP contribution in [0.4, 0.5) is 16.2 Å². The smallest absolute Gasteiger partial charge is 0.313 e. The van der Waals surface area contributed by atoms with Crippen molar-refractivity contribution in [2.24, 2.45) is 0 Å². The van der Waals surface area contributed by atoms with Crippen LogP contribution in [0, 0.1) is 6.92 Å². The van der Waals surface area contributed by atoms with Gasteiger partial charge in [0.25, 0.3) is 5.56 Å². The van der Waals surface area contributed by atoms with Gasteiger partial charge in [-0.25, -0.2) is 4.79 Å². The summed E-state index contributed by atoms with van der Waals surface area (Å²) in [4.78, 5) is 25.3. The Morgan fingerprint density at radius 3 is 2.37 bits per heavy atom. The van der Waals surface area contributed by atoms with Gasteiger partial charge in [0.15, 0.2) is 0 Å². The van der Waals surface area contributed by atoms with E-state index in [9.17, 15) is 9.59 Å². The number of rotatable bonds is 2. The number of hydrogen-bond donors (Lipinski definition) is 3. The fraction of sp³-hybridized carbons (Fsp3) is 0.0769. The Bertz CT molecular complexity index is 650. The van der Waals surface area contributed by atoms with E-state index in [0.717, 1.165) is 5.56 Å². The number of H-pyrrole nitrogens is 1. The van der Waals surface area contributed by atoms with Crippen molar-refractivity contribution >= 4 is 29.0 Å². The lowest BCUT2D eigenvalue weighted by atomic mass is 10.2. The van der Waals surface area contributed by atoms with Gasteiger partial charge >= 0.3 is 6.03 Å². The first-order valence-electron chi connectivity index (χ1n) is 5.57. The number of aryl methyl sites for hydroxylation is 1. The van der Waals surface area contributed by atoms with E-state index in [4.69, 9.17) is 11.6 Å². The van der Waals surface area contributed by atoms with E-state index in [2.05, 4.69) is 15.6 Å². The first-order valence-corrected chi connectivity index (χ1v) is 5.95. The highest BCUT2D eigenvalue weighted by Crippen LogP contribution is 2.12. The van der Waals surface area contributed by atoms with Crippen LogP contribution in [0.2, 0.25) is 5.15 Å². The molecule has 0 unspecified atom stereocenters. The molecular weight excluding hydrogens is 266 g/mol. The van der Waals surface area contributed by atoms with Gasteiger partial charge in [0, 0.05) is 11.8 Å². The molecule has 0 atom stereocenters. The highest BCUT2D eigenvalue weighted by atomic mass is 35.5. The summed E-state index contributed by atoms with van der Waals surface area (Å²) in [6, 6.07) is 9.63. The van der Waals surface area contributed by atoms with E-state index >= 15 is 0 Å². The second-order valence-electron chi connectivity index (χ2n) is 4.03. The van der Waals surface area contributed by atoms with Crippen molar-refractivity contribution in [2.75, 3.05) is 10.6 Å². The summed E-state index contributed by atoms with van der Waals surface area (Å²) in [6.45, 7) is 1.96. The quantitative estimate of drug-likeness (QED) is 0.738. The van der Waals surface area contributed by atoms with Gasteiger partial charge in [0.1, 0.15) is 5.15 Å². The van der Waals surface area contributed by atoms with Crippen LogP contribution in [-0.4, -0.2) is 11.0 Å². The normalized spacial score (nSPS) is 10.0. The highest BCUT2D eigenvalue weighted by molar-refractivity contribution is 6.29. The van der Waals surface area contributed by atoms with E-state index in [1.165, 1.54) is 12.1 Å². The Morgan fingerprint density at radius 1 is 1.11 bits per heavy atom. The molecule has 0 bridgehead atoms. The lowest BCUT2D eigenvalue weighted by Gasteiger charge is -2.07. The van der Waals surface area contributed by atoms with Crippen molar-refractivity contribution in [1.82, 2.24) is 4.98 Å². The average Bonchev–Trinajstić information content (AvgIpc) is 2.30. The van der Waals surface area contributed by atoms with Gasteiger partial charge < -0.3 is 15.6 Å². The standard InChI is InChI=1S/C13H12ClN3O2/c1-8-2-4-9(5-3-8)15-13(19)16-10-6-11(14)17-12(18)7-10/h2-7H,1H3,(H3,15,16,17,18,19). The zero-order valence-electron chi connectivity index (χ0n) is 10.2.